The van der Waals surface area contributed by atoms with Gasteiger partial charge in [-0.15, -0.1) is 0 Å². The lowest BCUT2D eigenvalue weighted by Gasteiger charge is -2.24. The number of benzene rings is 2. The summed E-state index contributed by atoms with van der Waals surface area (Å²) in [4.78, 5) is 15.0. The van der Waals surface area contributed by atoms with Gasteiger partial charge in [0.05, 0.1) is 13.2 Å². The van der Waals surface area contributed by atoms with E-state index < -0.39 is 0 Å². The monoisotopic (exact) mass is 396 g/mol. The van der Waals surface area contributed by atoms with Crippen molar-refractivity contribution in [2.24, 2.45) is 0 Å². The molecule has 0 aliphatic rings. The second-order valence-corrected chi connectivity index (χ2v) is 7.23. The second kappa shape index (κ2) is 9.58. The number of aromatic nitrogens is 1. The molecule has 0 aliphatic carbocycles. The van der Waals surface area contributed by atoms with Crippen LogP contribution in [0.25, 0.3) is 0 Å². The van der Waals surface area contributed by atoms with E-state index in [0.717, 1.165) is 27.4 Å². The van der Waals surface area contributed by atoms with E-state index in [-0.39, 0.29) is 5.91 Å². The van der Waals surface area contributed by atoms with Crippen LogP contribution >= 0.6 is 11.6 Å². The highest BCUT2D eigenvalue weighted by molar-refractivity contribution is 6.30. The Hall–Kier alpha value is -2.56. The maximum atomic E-state index is 13.2. The quantitative estimate of drug-likeness (QED) is 0.548. The second-order valence-electron chi connectivity index (χ2n) is 6.79. The van der Waals surface area contributed by atoms with Crippen molar-refractivity contribution in [2.75, 3.05) is 20.3 Å². The van der Waals surface area contributed by atoms with Crippen LogP contribution in [0.1, 0.15) is 27.2 Å². The number of carbonyl (C=O) groups is 1. The van der Waals surface area contributed by atoms with Gasteiger partial charge in [0.2, 0.25) is 0 Å². The summed E-state index contributed by atoms with van der Waals surface area (Å²) in [7, 11) is 1.65. The van der Waals surface area contributed by atoms with Gasteiger partial charge < -0.3 is 14.2 Å². The van der Waals surface area contributed by atoms with Crippen LogP contribution in [0.5, 0.6) is 0 Å². The van der Waals surface area contributed by atoms with Crippen LogP contribution in [0.4, 0.5) is 0 Å². The van der Waals surface area contributed by atoms with Gasteiger partial charge in [0.25, 0.3) is 5.91 Å². The fraction of sp³-hybridized carbons (Fsp3) is 0.261. The third kappa shape index (κ3) is 5.03. The molecule has 0 N–H and O–H groups in total. The molecule has 0 radical (unpaired) electrons. The molecule has 1 heterocycles. The van der Waals surface area contributed by atoms with E-state index in [0.29, 0.717) is 26.2 Å². The first-order valence-corrected chi connectivity index (χ1v) is 9.68. The summed E-state index contributed by atoms with van der Waals surface area (Å²) in [6, 6.07) is 19.6. The molecule has 0 saturated heterocycles. The van der Waals surface area contributed by atoms with Gasteiger partial charge >= 0.3 is 0 Å². The van der Waals surface area contributed by atoms with Crippen molar-refractivity contribution in [3.05, 3.63) is 94.3 Å². The summed E-state index contributed by atoms with van der Waals surface area (Å²) < 4.78 is 7.38. The van der Waals surface area contributed by atoms with Crippen LogP contribution in [-0.2, 0) is 17.8 Å². The van der Waals surface area contributed by atoms with Gasteiger partial charge in [-0.25, -0.2) is 0 Å². The number of nitrogens with zero attached hydrogens (tertiary/aromatic N) is 2. The van der Waals surface area contributed by atoms with E-state index >= 15 is 0 Å². The lowest BCUT2D eigenvalue weighted by molar-refractivity contribution is 0.0675. The molecule has 2 aromatic carbocycles. The Labute approximate surface area is 171 Å². The molecule has 3 aromatic rings. The number of hydrogen-bond acceptors (Lipinski definition) is 2. The van der Waals surface area contributed by atoms with Crippen LogP contribution in [0.15, 0.2) is 66.9 Å². The molecule has 0 spiro atoms. The number of hydrogen-bond donors (Lipinski definition) is 0. The molecule has 1 amide bonds. The van der Waals surface area contributed by atoms with Crippen molar-refractivity contribution in [1.82, 2.24) is 9.47 Å². The number of carbonyl (C=O) groups excluding carboxylic acids is 1. The topological polar surface area (TPSA) is 34.5 Å². The largest absolute Gasteiger partial charge is 0.383 e. The summed E-state index contributed by atoms with van der Waals surface area (Å²) in [5, 5.41) is 0.725. The van der Waals surface area contributed by atoms with Crippen molar-refractivity contribution >= 4 is 17.5 Å². The predicted molar refractivity (Wildman–Crippen MR) is 113 cm³/mol. The minimum absolute atomic E-state index is 0.0191. The SMILES string of the molecule is COCCN(Cc1cccn1Cc1cccc(Cl)c1)C(=O)c1ccccc1C. The molecule has 0 fully saturated rings. The first-order valence-electron chi connectivity index (χ1n) is 9.31. The van der Waals surface area contributed by atoms with Crippen LogP contribution in [0.3, 0.4) is 0 Å². The van der Waals surface area contributed by atoms with Crippen molar-refractivity contribution in [2.45, 2.75) is 20.0 Å². The molecule has 0 bridgehead atoms. The zero-order chi connectivity index (χ0) is 19.9. The lowest BCUT2D eigenvalue weighted by Crippen LogP contribution is -2.34. The summed E-state index contributed by atoms with van der Waals surface area (Å²) in [5.74, 6) is 0.0191. The van der Waals surface area contributed by atoms with Gasteiger partial charge in [-0.05, 0) is 48.4 Å². The van der Waals surface area contributed by atoms with Crippen LogP contribution in [0, 0.1) is 6.92 Å². The van der Waals surface area contributed by atoms with Gasteiger partial charge in [0.1, 0.15) is 0 Å². The smallest absolute Gasteiger partial charge is 0.254 e. The molecule has 1 aromatic heterocycles. The highest BCUT2D eigenvalue weighted by atomic mass is 35.5. The number of amides is 1. The number of ether oxygens (including phenoxy) is 1. The molecule has 28 heavy (non-hydrogen) atoms. The predicted octanol–water partition coefficient (Wildman–Crippen LogP) is 4.79. The maximum Gasteiger partial charge on any atom is 0.254 e. The Kier molecular flexibility index (Phi) is 6.90. The molecule has 0 unspecified atom stereocenters. The highest BCUT2D eigenvalue weighted by Crippen LogP contribution is 2.17. The van der Waals surface area contributed by atoms with Crippen molar-refractivity contribution in [3.8, 4) is 0 Å². The van der Waals surface area contributed by atoms with Gasteiger partial charge in [-0.2, -0.15) is 0 Å². The third-order valence-corrected chi connectivity index (χ3v) is 4.98. The maximum absolute atomic E-state index is 13.2. The first-order chi connectivity index (χ1) is 13.6. The van der Waals surface area contributed by atoms with E-state index in [2.05, 4.69) is 16.7 Å². The minimum Gasteiger partial charge on any atom is -0.383 e. The van der Waals surface area contributed by atoms with E-state index in [1.165, 1.54) is 0 Å². The lowest BCUT2D eigenvalue weighted by atomic mass is 10.1. The Morgan fingerprint density at radius 1 is 1.11 bits per heavy atom. The fourth-order valence-corrected chi connectivity index (χ4v) is 3.42. The summed E-state index contributed by atoms with van der Waals surface area (Å²) in [6.45, 7) is 4.21. The number of aryl methyl sites for hydroxylation is 1. The Morgan fingerprint density at radius 2 is 1.93 bits per heavy atom. The van der Waals surface area contributed by atoms with Gasteiger partial charge in [-0.1, -0.05) is 41.9 Å². The van der Waals surface area contributed by atoms with Crippen LogP contribution in [0.2, 0.25) is 5.02 Å². The molecule has 3 rings (SSSR count). The van der Waals surface area contributed by atoms with E-state index in [1.54, 1.807) is 7.11 Å². The Balaban J connectivity index is 1.81. The van der Waals surface area contributed by atoms with Gasteiger partial charge in [0.15, 0.2) is 0 Å². The summed E-state index contributed by atoms with van der Waals surface area (Å²) >= 11 is 6.11. The van der Waals surface area contributed by atoms with E-state index in [9.17, 15) is 4.79 Å². The molecule has 0 atom stereocenters. The fourth-order valence-electron chi connectivity index (χ4n) is 3.21. The average molecular weight is 397 g/mol. The summed E-state index contributed by atoms with van der Waals surface area (Å²) in [6.07, 6.45) is 2.03. The van der Waals surface area contributed by atoms with E-state index in [1.807, 2.05) is 66.6 Å². The minimum atomic E-state index is 0.0191. The standard InChI is InChI=1S/C23H25ClN2O2/c1-18-7-3-4-11-22(18)23(27)26(13-14-28-2)17-21-10-6-12-25(21)16-19-8-5-9-20(24)15-19/h3-12,15H,13-14,16-17H2,1-2H3. The van der Waals surface area contributed by atoms with Crippen LogP contribution < -0.4 is 0 Å². The van der Waals surface area contributed by atoms with E-state index in [4.69, 9.17) is 16.3 Å². The first kappa shape index (κ1) is 20.2. The molecule has 146 valence electrons. The molecular weight excluding hydrogens is 372 g/mol. The number of methoxy groups -OCH3 is 1. The van der Waals surface area contributed by atoms with Crippen molar-refractivity contribution < 1.29 is 9.53 Å². The van der Waals surface area contributed by atoms with Gasteiger partial charge in [0, 0.05) is 42.7 Å². The number of halogens is 1. The number of rotatable bonds is 8. The zero-order valence-electron chi connectivity index (χ0n) is 16.3. The van der Waals surface area contributed by atoms with Crippen molar-refractivity contribution in [1.29, 1.82) is 0 Å². The summed E-state index contributed by atoms with van der Waals surface area (Å²) in [5.41, 5.74) is 3.90. The molecule has 5 heteroatoms. The third-order valence-electron chi connectivity index (χ3n) is 4.75. The molecule has 0 saturated carbocycles. The van der Waals surface area contributed by atoms with Crippen molar-refractivity contribution in [3.63, 3.8) is 0 Å². The Bertz CT molecular complexity index is 936. The molecule has 4 nitrogen and oxygen atoms in total. The molecule has 0 aliphatic heterocycles. The van der Waals surface area contributed by atoms with Gasteiger partial charge in [-0.3, -0.25) is 4.79 Å². The highest BCUT2D eigenvalue weighted by Gasteiger charge is 2.19. The Morgan fingerprint density at radius 3 is 2.68 bits per heavy atom. The average Bonchev–Trinajstić information content (AvgIpc) is 3.11. The molecular formula is C23H25ClN2O2. The normalized spacial score (nSPS) is 10.8. The van der Waals surface area contributed by atoms with Crippen LogP contribution in [-0.4, -0.2) is 35.6 Å². The zero-order valence-corrected chi connectivity index (χ0v) is 17.0.